The molecule has 2 aromatic carbocycles. The number of benzene rings is 2. The highest BCUT2D eigenvalue weighted by Gasteiger charge is 2.17. The first-order valence-corrected chi connectivity index (χ1v) is 8.66. The van der Waals surface area contributed by atoms with Gasteiger partial charge in [0.15, 0.2) is 9.84 Å². The third-order valence-corrected chi connectivity index (χ3v) is 4.47. The lowest BCUT2D eigenvalue weighted by Crippen LogP contribution is -2.33. The molecule has 0 saturated heterocycles. The molecular formula is C15H15ClN2O3S. The Morgan fingerprint density at radius 1 is 1.14 bits per heavy atom. The van der Waals surface area contributed by atoms with Gasteiger partial charge in [0.05, 0.1) is 10.9 Å². The van der Waals surface area contributed by atoms with E-state index in [0.29, 0.717) is 10.6 Å². The second-order valence-corrected chi connectivity index (χ2v) is 7.29. The van der Waals surface area contributed by atoms with E-state index in [4.69, 9.17) is 17.3 Å². The molecule has 0 aromatic heterocycles. The van der Waals surface area contributed by atoms with Gasteiger partial charge in [-0.3, -0.25) is 0 Å². The van der Waals surface area contributed by atoms with E-state index in [1.54, 1.807) is 36.4 Å². The number of hydrogen-bond acceptors (Lipinski definition) is 3. The van der Waals surface area contributed by atoms with E-state index in [-0.39, 0.29) is 4.90 Å². The molecule has 116 valence electrons. The molecule has 0 heterocycles. The van der Waals surface area contributed by atoms with Crippen LogP contribution in [0, 0.1) is 0 Å². The molecule has 0 unspecified atom stereocenters. The lowest BCUT2D eigenvalue weighted by Gasteiger charge is -2.19. The zero-order valence-electron chi connectivity index (χ0n) is 11.8. The Bertz CT molecular complexity index is 789. The Labute approximate surface area is 134 Å². The molecule has 2 amide bonds. The largest absolute Gasteiger partial charge is 0.352 e. The van der Waals surface area contributed by atoms with Gasteiger partial charge in [-0.25, -0.2) is 13.2 Å². The Kier molecular flexibility index (Phi) is 4.73. The first kappa shape index (κ1) is 16.3. The fraction of sp³-hybridized carbons (Fsp3) is 0.133. The SMILES string of the molecule is CS(=O)(=O)c1cccc([C@@H](NC(N)=O)c2ccc(Cl)cc2)c1. The van der Waals surface area contributed by atoms with Gasteiger partial charge in [-0.15, -0.1) is 0 Å². The van der Waals surface area contributed by atoms with Crippen molar-refractivity contribution >= 4 is 27.5 Å². The van der Waals surface area contributed by atoms with Gasteiger partial charge in [0, 0.05) is 11.3 Å². The first-order chi connectivity index (χ1) is 10.3. The highest BCUT2D eigenvalue weighted by molar-refractivity contribution is 7.90. The van der Waals surface area contributed by atoms with Gasteiger partial charge in [-0.1, -0.05) is 35.9 Å². The van der Waals surface area contributed by atoms with Crippen LogP contribution in [0.1, 0.15) is 17.2 Å². The molecule has 0 radical (unpaired) electrons. The summed E-state index contributed by atoms with van der Waals surface area (Å²) < 4.78 is 23.4. The summed E-state index contributed by atoms with van der Waals surface area (Å²) in [6.07, 6.45) is 1.13. The highest BCUT2D eigenvalue weighted by atomic mass is 35.5. The van der Waals surface area contributed by atoms with Crippen LogP contribution in [-0.2, 0) is 9.84 Å². The lowest BCUT2D eigenvalue weighted by atomic mass is 9.99. The van der Waals surface area contributed by atoms with Gasteiger partial charge in [-0.2, -0.15) is 0 Å². The number of carbonyl (C=O) groups excluding carboxylic acids is 1. The Balaban J connectivity index is 2.50. The van der Waals surface area contributed by atoms with Crippen LogP contribution >= 0.6 is 11.6 Å². The Hall–Kier alpha value is -2.05. The maximum absolute atomic E-state index is 11.7. The molecule has 0 aliphatic carbocycles. The fourth-order valence-corrected chi connectivity index (χ4v) is 2.88. The number of sulfone groups is 1. The summed E-state index contributed by atoms with van der Waals surface area (Å²) in [6, 6.07) is 12.0. The van der Waals surface area contributed by atoms with Crippen LogP contribution in [0.25, 0.3) is 0 Å². The zero-order valence-corrected chi connectivity index (χ0v) is 13.4. The van der Waals surface area contributed by atoms with Crippen molar-refractivity contribution < 1.29 is 13.2 Å². The lowest BCUT2D eigenvalue weighted by molar-refractivity contribution is 0.247. The topological polar surface area (TPSA) is 89.3 Å². The second-order valence-electron chi connectivity index (χ2n) is 4.84. The number of primary amides is 1. The van der Waals surface area contributed by atoms with E-state index in [0.717, 1.165) is 11.8 Å². The normalized spacial score (nSPS) is 12.6. The van der Waals surface area contributed by atoms with Crippen molar-refractivity contribution in [2.75, 3.05) is 6.26 Å². The summed E-state index contributed by atoms with van der Waals surface area (Å²) in [5.41, 5.74) is 6.59. The van der Waals surface area contributed by atoms with E-state index in [2.05, 4.69) is 5.32 Å². The van der Waals surface area contributed by atoms with E-state index in [1.807, 2.05) is 0 Å². The molecule has 0 fully saturated rings. The number of carbonyl (C=O) groups is 1. The number of amides is 2. The van der Waals surface area contributed by atoms with Gasteiger partial charge >= 0.3 is 6.03 Å². The summed E-state index contributed by atoms with van der Waals surface area (Å²) in [7, 11) is -3.34. The van der Waals surface area contributed by atoms with E-state index in [1.165, 1.54) is 12.1 Å². The molecule has 3 N–H and O–H groups in total. The molecule has 0 bridgehead atoms. The minimum atomic E-state index is -3.34. The summed E-state index contributed by atoms with van der Waals surface area (Å²) in [6.45, 7) is 0. The Morgan fingerprint density at radius 2 is 1.77 bits per heavy atom. The smallest absolute Gasteiger partial charge is 0.312 e. The molecule has 7 heteroatoms. The van der Waals surface area contributed by atoms with Crippen molar-refractivity contribution in [3.05, 3.63) is 64.7 Å². The number of nitrogens with one attached hydrogen (secondary N) is 1. The standard InChI is InChI=1S/C15H15ClN2O3S/c1-22(20,21)13-4-2-3-11(9-13)14(18-15(17)19)10-5-7-12(16)8-6-10/h2-9,14H,1H3,(H3,17,18,19)/t14-/m0/s1. The van der Waals surface area contributed by atoms with Crippen LogP contribution in [0.3, 0.4) is 0 Å². The highest BCUT2D eigenvalue weighted by Crippen LogP contribution is 2.25. The second kappa shape index (κ2) is 6.37. The van der Waals surface area contributed by atoms with Gasteiger partial charge in [-0.05, 0) is 35.4 Å². The number of halogens is 1. The third kappa shape index (κ3) is 3.99. The van der Waals surface area contributed by atoms with E-state index < -0.39 is 21.9 Å². The van der Waals surface area contributed by atoms with Gasteiger partial charge in [0.25, 0.3) is 0 Å². The van der Waals surface area contributed by atoms with Gasteiger partial charge in [0.2, 0.25) is 0 Å². The fourth-order valence-electron chi connectivity index (χ4n) is 2.08. The summed E-state index contributed by atoms with van der Waals surface area (Å²) in [5.74, 6) is 0. The van der Waals surface area contributed by atoms with Crippen molar-refractivity contribution in [3.63, 3.8) is 0 Å². The third-order valence-electron chi connectivity index (χ3n) is 3.11. The first-order valence-electron chi connectivity index (χ1n) is 6.39. The van der Waals surface area contributed by atoms with E-state index in [9.17, 15) is 13.2 Å². The van der Waals surface area contributed by atoms with E-state index >= 15 is 0 Å². The molecule has 1 atom stereocenters. The van der Waals surface area contributed by atoms with Crippen LogP contribution in [0.2, 0.25) is 5.02 Å². The van der Waals surface area contributed by atoms with Crippen LogP contribution < -0.4 is 11.1 Å². The van der Waals surface area contributed by atoms with Crippen molar-refractivity contribution in [2.24, 2.45) is 5.73 Å². The monoisotopic (exact) mass is 338 g/mol. The van der Waals surface area contributed by atoms with Crippen LogP contribution in [-0.4, -0.2) is 20.7 Å². The van der Waals surface area contributed by atoms with Crippen LogP contribution in [0.5, 0.6) is 0 Å². The van der Waals surface area contributed by atoms with Gasteiger partial charge in [0.1, 0.15) is 0 Å². The number of nitrogens with two attached hydrogens (primary N) is 1. The summed E-state index contributed by atoms with van der Waals surface area (Å²) in [5, 5.41) is 3.17. The summed E-state index contributed by atoms with van der Waals surface area (Å²) >= 11 is 5.86. The predicted molar refractivity (Wildman–Crippen MR) is 85.6 cm³/mol. The molecule has 0 saturated carbocycles. The zero-order chi connectivity index (χ0) is 16.3. The molecule has 2 aromatic rings. The van der Waals surface area contributed by atoms with Crippen LogP contribution in [0.15, 0.2) is 53.4 Å². The molecule has 0 aliphatic heterocycles. The molecule has 0 aliphatic rings. The predicted octanol–water partition coefficient (Wildman–Crippen LogP) is 2.50. The number of hydrogen-bond donors (Lipinski definition) is 2. The van der Waals surface area contributed by atoms with Crippen LogP contribution in [0.4, 0.5) is 4.79 Å². The van der Waals surface area contributed by atoms with Crippen molar-refractivity contribution in [1.29, 1.82) is 0 Å². The van der Waals surface area contributed by atoms with Crippen molar-refractivity contribution in [2.45, 2.75) is 10.9 Å². The molecule has 2 rings (SSSR count). The average molecular weight is 339 g/mol. The van der Waals surface area contributed by atoms with Crippen molar-refractivity contribution in [3.8, 4) is 0 Å². The molecule has 22 heavy (non-hydrogen) atoms. The maximum atomic E-state index is 11.7. The maximum Gasteiger partial charge on any atom is 0.312 e. The quantitative estimate of drug-likeness (QED) is 0.897. The Morgan fingerprint density at radius 3 is 2.32 bits per heavy atom. The minimum Gasteiger partial charge on any atom is -0.352 e. The average Bonchev–Trinajstić information content (AvgIpc) is 2.45. The summed E-state index contributed by atoms with van der Waals surface area (Å²) in [4.78, 5) is 11.4. The minimum absolute atomic E-state index is 0.176. The number of rotatable bonds is 4. The molecule has 5 nitrogen and oxygen atoms in total. The van der Waals surface area contributed by atoms with Crippen molar-refractivity contribution in [1.82, 2.24) is 5.32 Å². The number of urea groups is 1. The molecule has 0 spiro atoms. The molecular weight excluding hydrogens is 324 g/mol. The van der Waals surface area contributed by atoms with Gasteiger partial charge < -0.3 is 11.1 Å².